The Morgan fingerprint density at radius 1 is 1.07 bits per heavy atom. The van der Waals surface area contributed by atoms with Crippen LogP contribution < -0.4 is 15.0 Å². The van der Waals surface area contributed by atoms with E-state index in [9.17, 15) is 14.7 Å². The highest BCUT2D eigenvalue weighted by Gasteiger charge is 2.29. The smallest absolute Gasteiger partial charge is 0.306 e. The Balaban J connectivity index is 1.29. The molecule has 44 heavy (non-hydrogen) atoms. The molecule has 3 aromatic carbocycles. The number of carbonyl (C=O) groups excluding carboxylic acids is 1. The molecule has 5 aromatic rings. The molecular formula is C36H36N2O6. The molecule has 2 aromatic heterocycles. The normalized spacial score (nSPS) is 13.0. The van der Waals surface area contributed by atoms with Crippen LogP contribution in [-0.2, 0) is 35.3 Å². The van der Waals surface area contributed by atoms with Crippen molar-refractivity contribution >= 4 is 16.9 Å². The summed E-state index contributed by atoms with van der Waals surface area (Å²) in [6.07, 6.45) is 4.04. The van der Waals surface area contributed by atoms with Crippen molar-refractivity contribution in [3.8, 4) is 17.2 Å². The fourth-order valence-corrected chi connectivity index (χ4v) is 6.14. The molecule has 8 nitrogen and oxygen atoms in total. The SMILES string of the molecule is COC(=O)CC(c1ccccc1OCCc1ccc2c(c1)CCO2)c1c(O)cc(C)n(CCc2c[nH]c3ccccc23)c1=O. The van der Waals surface area contributed by atoms with Crippen LogP contribution in [0.2, 0.25) is 0 Å². The van der Waals surface area contributed by atoms with Gasteiger partial charge in [-0.2, -0.15) is 0 Å². The van der Waals surface area contributed by atoms with Gasteiger partial charge in [0.05, 0.1) is 32.3 Å². The van der Waals surface area contributed by atoms with Crippen LogP contribution in [-0.4, -0.2) is 41.0 Å². The Kier molecular flexibility index (Phi) is 8.41. The number of H-pyrrole nitrogens is 1. The highest BCUT2D eigenvalue weighted by molar-refractivity contribution is 5.83. The van der Waals surface area contributed by atoms with E-state index in [0.29, 0.717) is 49.6 Å². The van der Waals surface area contributed by atoms with Gasteiger partial charge in [-0.15, -0.1) is 0 Å². The molecule has 8 heteroatoms. The Bertz CT molecular complexity index is 1870. The molecule has 0 bridgehead atoms. The highest BCUT2D eigenvalue weighted by atomic mass is 16.5. The number of aromatic nitrogens is 2. The van der Waals surface area contributed by atoms with Gasteiger partial charge in [0.15, 0.2) is 0 Å². The fraction of sp³-hybridized carbons (Fsp3) is 0.278. The number of nitrogens with zero attached hydrogens (tertiary/aromatic N) is 1. The number of esters is 1. The number of nitrogens with one attached hydrogen (secondary N) is 1. The van der Waals surface area contributed by atoms with Crippen LogP contribution in [0.5, 0.6) is 17.2 Å². The maximum atomic E-state index is 14.1. The van der Waals surface area contributed by atoms with Crippen LogP contribution in [0.25, 0.3) is 10.9 Å². The number of aromatic amines is 1. The number of rotatable bonds is 11. The highest BCUT2D eigenvalue weighted by Crippen LogP contribution is 2.37. The average molecular weight is 593 g/mol. The zero-order chi connectivity index (χ0) is 30.6. The van der Waals surface area contributed by atoms with Gasteiger partial charge in [0.25, 0.3) is 5.56 Å². The van der Waals surface area contributed by atoms with Gasteiger partial charge < -0.3 is 28.9 Å². The number of methoxy groups -OCH3 is 1. The third-order valence-electron chi connectivity index (χ3n) is 8.45. The minimum absolute atomic E-state index is 0.129. The van der Waals surface area contributed by atoms with Crippen LogP contribution in [0.4, 0.5) is 0 Å². The second kappa shape index (κ2) is 12.7. The number of pyridine rings is 1. The topological polar surface area (TPSA) is 103 Å². The first kappa shape index (κ1) is 29.1. The van der Waals surface area contributed by atoms with E-state index in [2.05, 4.69) is 17.1 Å². The number of carbonyl (C=O) groups is 1. The Morgan fingerprint density at radius 3 is 2.75 bits per heavy atom. The first-order valence-electron chi connectivity index (χ1n) is 14.9. The summed E-state index contributed by atoms with van der Waals surface area (Å²) in [6.45, 7) is 3.32. The van der Waals surface area contributed by atoms with Gasteiger partial charge in [-0.25, -0.2) is 0 Å². The second-order valence-electron chi connectivity index (χ2n) is 11.2. The molecule has 0 amide bonds. The second-order valence-corrected chi connectivity index (χ2v) is 11.2. The number of aryl methyl sites for hydroxylation is 2. The van der Waals surface area contributed by atoms with Crippen molar-refractivity contribution < 1.29 is 24.1 Å². The number of benzene rings is 3. The monoisotopic (exact) mass is 592 g/mol. The Labute approximate surface area is 255 Å². The van der Waals surface area contributed by atoms with E-state index in [-0.39, 0.29) is 23.3 Å². The summed E-state index contributed by atoms with van der Waals surface area (Å²) in [7, 11) is 1.32. The third kappa shape index (κ3) is 5.93. The van der Waals surface area contributed by atoms with Crippen LogP contribution in [0.3, 0.4) is 0 Å². The van der Waals surface area contributed by atoms with E-state index in [4.69, 9.17) is 14.2 Å². The molecule has 0 aliphatic carbocycles. The number of ether oxygens (including phenoxy) is 3. The Morgan fingerprint density at radius 2 is 1.89 bits per heavy atom. The molecule has 0 fully saturated rings. The minimum Gasteiger partial charge on any atom is -0.507 e. The summed E-state index contributed by atoms with van der Waals surface area (Å²) >= 11 is 0. The molecule has 0 saturated heterocycles. The van der Waals surface area contributed by atoms with Crippen LogP contribution in [0, 0.1) is 6.92 Å². The fourth-order valence-electron chi connectivity index (χ4n) is 6.14. The van der Waals surface area contributed by atoms with Crippen molar-refractivity contribution in [2.24, 2.45) is 0 Å². The molecule has 1 unspecified atom stereocenters. The third-order valence-corrected chi connectivity index (χ3v) is 8.45. The maximum Gasteiger partial charge on any atom is 0.306 e. The Hall–Kier alpha value is -4.98. The standard InChI is InChI=1S/C36H36N2O6/c1-23-19-31(39)35(36(41)38(23)16-13-26-22-37-30-9-5-3-7-27(26)30)29(21-34(40)42-2)28-8-4-6-10-33(28)44-17-14-24-11-12-32-25(20-24)15-18-43-32/h3-12,19-20,22,29,37,39H,13-18,21H2,1-2H3. The van der Waals surface area contributed by atoms with Crippen molar-refractivity contribution in [3.05, 3.63) is 123 Å². The lowest BCUT2D eigenvalue weighted by Gasteiger charge is -2.22. The van der Waals surface area contributed by atoms with Crippen molar-refractivity contribution in [3.63, 3.8) is 0 Å². The number of fused-ring (bicyclic) bond motifs is 2. The van der Waals surface area contributed by atoms with Gasteiger partial charge in [0, 0.05) is 53.7 Å². The first-order valence-corrected chi connectivity index (χ1v) is 14.9. The van der Waals surface area contributed by atoms with Crippen molar-refractivity contribution in [1.29, 1.82) is 0 Å². The molecule has 1 aliphatic rings. The van der Waals surface area contributed by atoms with Gasteiger partial charge in [-0.1, -0.05) is 48.5 Å². The van der Waals surface area contributed by atoms with E-state index in [0.717, 1.165) is 34.2 Å². The molecule has 0 radical (unpaired) electrons. The molecule has 1 atom stereocenters. The number of para-hydroxylation sites is 2. The maximum absolute atomic E-state index is 14.1. The number of aromatic hydroxyl groups is 1. The zero-order valence-electron chi connectivity index (χ0n) is 25.0. The summed E-state index contributed by atoms with van der Waals surface area (Å²) in [4.78, 5) is 30.1. The molecule has 0 saturated carbocycles. The quantitative estimate of drug-likeness (QED) is 0.187. The van der Waals surface area contributed by atoms with Gasteiger partial charge in [0.1, 0.15) is 17.2 Å². The molecule has 3 heterocycles. The van der Waals surface area contributed by atoms with Gasteiger partial charge in [0.2, 0.25) is 0 Å². The van der Waals surface area contributed by atoms with E-state index in [1.165, 1.54) is 12.7 Å². The largest absolute Gasteiger partial charge is 0.507 e. The lowest BCUT2D eigenvalue weighted by molar-refractivity contribution is -0.140. The van der Waals surface area contributed by atoms with Crippen molar-refractivity contribution in [1.82, 2.24) is 9.55 Å². The van der Waals surface area contributed by atoms with Crippen LogP contribution in [0.1, 0.15) is 45.8 Å². The molecule has 1 aliphatic heterocycles. The zero-order valence-corrected chi connectivity index (χ0v) is 25.0. The summed E-state index contributed by atoms with van der Waals surface area (Å²) in [5.74, 6) is 0.0734. The van der Waals surface area contributed by atoms with Crippen LogP contribution >= 0.6 is 0 Å². The van der Waals surface area contributed by atoms with E-state index in [1.807, 2.05) is 60.8 Å². The van der Waals surface area contributed by atoms with Crippen molar-refractivity contribution in [2.45, 2.75) is 45.1 Å². The summed E-state index contributed by atoms with van der Waals surface area (Å²) in [6, 6.07) is 23.2. The average Bonchev–Trinajstić information content (AvgIpc) is 3.67. The summed E-state index contributed by atoms with van der Waals surface area (Å²) in [5.41, 5.74) is 5.57. The molecule has 226 valence electrons. The molecule has 2 N–H and O–H groups in total. The molecule has 6 rings (SSSR count). The summed E-state index contributed by atoms with van der Waals surface area (Å²) in [5, 5.41) is 12.3. The molecular weight excluding hydrogens is 556 g/mol. The predicted molar refractivity (Wildman–Crippen MR) is 169 cm³/mol. The number of hydrogen-bond acceptors (Lipinski definition) is 6. The predicted octanol–water partition coefficient (Wildman–Crippen LogP) is 5.84. The first-order chi connectivity index (χ1) is 21.4. The van der Waals surface area contributed by atoms with Crippen molar-refractivity contribution in [2.75, 3.05) is 20.3 Å². The van der Waals surface area contributed by atoms with E-state index in [1.54, 1.807) is 17.6 Å². The van der Waals surface area contributed by atoms with E-state index < -0.39 is 11.9 Å². The minimum atomic E-state index is -0.775. The lowest BCUT2D eigenvalue weighted by atomic mass is 9.87. The number of hydrogen-bond donors (Lipinski definition) is 2. The summed E-state index contributed by atoms with van der Waals surface area (Å²) < 4.78 is 18.6. The molecule has 0 spiro atoms. The van der Waals surface area contributed by atoms with Gasteiger partial charge in [-0.3, -0.25) is 9.59 Å². The lowest BCUT2D eigenvalue weighted by Crippen LogP contribution is -2.29. The van der Waals surface area contributed by atoms with Gasteiger partial charge in [-0.05, 0) is 54.3 Å². The van der Waals surface area contributed by atoms with Gasteiger partial charge >= 0.3 is 5.97 Å². The van der Waals surface area contributed by atoms with Crippen LogP contribution in [0.15, 0.2) is 83.8 Å². The van der Waals surface area contributed by atoms with E-state index >= 15 is 0 Å².